The van der Waals surface area contributed by atoms with Crippen LogP contribution < -0.4 is 5.32 Å². The van der Waals surface area contributed by atoms with Crippen LogP contribution in [0.4, 0.5) is 5.82 Å². The van der Waals surface area contributed by atoms with E-state index in [4.69, 9.17) is 23.2 Å². The molecule has 2 heterocycles. The van der Waals surface area contributed by atoms with Gasteiger partial charge in [-0.05, 0) is 29.3 Å². The van der Waals surface area contributed by atoms with Crippen molar-refractivity contribution in [3.8, 4) is 0 Å². The molecule has 0 saturated heterocycles. The Kier molecular flexibility index (Phi) is 3.46. The summed E-state index contributed by atoms with van der Waals surface area (Å²) in [7, 11) is 1.77. The summed E-state index contributed by atoms with van der Waals surface area (Å²) in [5.41, 5.74) is 3.34. The molecule has 0 unspecified atom stereocenters. The third kappa shape index (κ3) is 2.42. The SMILES string of the molecule is CNc1nc(Cl)nc2c(Cc3cccc(Cl)c3)[nH]nc12. The lowest BCUT2D eigenvalue weighted by Gasteiger charge is -2.02. The average molecular weight is 308 g/mol. The molecule has 0 aliphatic rings. The van der Waals surface area contributed by atoms with E-state index in [0.29, 0.717) is 28.3 Å². The zero-order chi connectivity index (χ0) is 14.1. The van der Waals surface area contributed by atoms with E-state index in [0.717, 1.165) is 11.3 Å². The summed E-state index contributed by atoms with van der Waals surface area (Å²) in [6, 6.07) is 7.67. The minimum absolute atomic E-state index is 0.190. The molecule has 3 rings (SSSR count). The lowest BCUT2D eigenvalue weighted by molar-refractivity contribution is 1.01. The van der Waals surface area contributed by atoms with Crippen molar-refractivity contribution in [3.63, 3.8) is 0 Å². The number of anilines is 1. The van der Waals surface area contributed by atoms with Gasteiger partial charge in [0.1, 0.15) is 5.52 Å². The Morgan fingerprint density at radius 2 is 2.05 bits per heavy atom. The molecule has 1 aromatic carbocycles. The van der Waals surface area contributed by atoms with Gasteiger partial charge >= 0.3 is 0 Å². The van der Waals surface area contributed by atoms with E-state index in [-0.39, 0.29) is 5.28 Å². The van der Waals surface area contributed by atoms with Gasteiger partial charge in [-0.1, -0.05) is 23.7 Å². The van der Waals surface area contributed by atoms with Crippen LogP contribution in [0.15, 0.2) is 24.3 Å². The third-order valence-corrected chi connectivity index (χ3v) is 3.36. The Bertz CT molecular complexity index is 769. The Morgan fingerprint density at radius 3 is 2.80 bits per heavy atom. The molecule has 0 radical (unpaired) electrons. The number of rotatable bonds is 3. The minimum atomic E-state index is 0.190. The number of nitrogens with one attached hydrogen (secondary N) is 2. The minimum Gasteiger partial charge on any atom is -0.371 e. The fourth-order valence-corrected chi connectivity index (χ4v) is 2.45. The summed E-state index contributed by atoms with van der Waals surface area (Å²) in [6.07, 6.45) is 0.646. The fraction of sp³-hybridized carbons (Fsp3) is 0.154. The third-order valence-electron chi connectivity index (χ3n) is 2.95. The van der Waals surface area contributed by atoms with Crippen LogP contribution in [-0.4, -0.2) is 27.2 Å². The monoisotopic (exact) mass is 307 g/mol. The molecule has 0 aliphatic heterocycles. The second-order valence-corrected chi connectivity index (χ2v) is 5.07. The molecule has 0 fully saturated rings. The molecule has 2 N–H and O–H groups in total. The van der Waals surface area contributed by atoms with E-state index in [2.05, 4.69) is 25.5 Å². The normalized spacial score (nSPS) is 10.9. The highest BCUT2D eigenvalue weighted by atomic mass is 35.5. The number of hydrogen-bond acceptors (Lipinski definition) is 4. The van der Waals surface area contributed by atoms with Crippen LogP contribution in [0.2, 0.25) is 10.3 Å². The molecule has 3 aromatic rings. The van der Waals surface area contributed by atoms with E-state index in [1.807, 2.05) is 24.3 Å². The van der Waals surface area contributed by atoms with Crippen LogP contribution in [-0.2, 0) is 6.42 Å². The number of halogens is 2. The van der Waals surface area contributed by atoms with Crippen molar-refractivity contribution in [2.24, 2.45) is 0 Å². The van der Waals surface area contributed by atoms with Crippen molar-refractivity contribution in [2.45, 2.75) is 6.42 Å². The van der Waals surface area contributed by atoms with Crippen LogP contribution >= 0.6 is 23.2 Å². The van der Waals surface area contributed by atoms with E-state index < -0.39 is 0 Å². The van der Waals surface area contributed by atoms with Gasteiger partial charge in [-0.15, -0.1) is 0 Å². The zero-order valence-corrected chi connectivity index (χ0v) is 12.1. The predicted molar refractivity (Wildman–Crippen MR) is 80.5 cm³/mol. The lowest BCUT2D eigenvalue weighted by Crippen LogP contribution is -1.96. The summed E-state index contributed by atoms with van der Waals surface area (Å²) >= 11 is 11.9. The van der Waals surface area contributed by atoms with Gasteiger partial charge in [-0.2, -0.15) is 10.1 Å². The van der Waals surface area contributed by atoms with Crippen molar-refractivity contribution in [2.75, 3.05) is 12.4 Å². The first-order chi connectivity index (χ1) is 9.67. The maximum absolute atomic E-state index is 5.99. The Balaban J connectivity index is 2.06. The van der Waals surface area contributed by atoms with Crippen LogP contribution in [0.3, 0.4) is 0 Å². The van der Waals surface area contributed by atoms with Gasteiger partial charge in [0.05, 0.1) is 5.69 Å². The van der Waals surface area contributed by atoms with E-state index in [9.17, 15) is 0 Å². The molecular formula is C13H11Cl2N5. The van der Waals surface area contributed by atoms with Gasteiger partial charge in [0.25, 0.3) is 0 Å². The fourth-order valence-electron chi connectivity index (χ4n) is 2.07. The van der Waals surface area contributed by atoms with Gasteiger partial charge in [-0.3, -0.25) is 5.10 Å². The number of aromatic amines is 1. The predicted octanol–water partition coefficient (Wildman–Crippen LogP) is 3.29. The standard InChI is InChI=1S/C13H11Cl2N5/c1-16-12-11-10(17-13(15)18-12)9(19-20-11)6-7-3-2-4-8(14)5-7/h2-5H,6H2,1H3,(H,19,20)(H,16,17,18). The first kappa shape index (κ1) is 13.1. The molecule has 0 aliphatic carbocycles. The van der Waals surface area contributed by atoms with Crippen molar-refractivity contribution >= 4 is 40.1 Å². The quantitative estimate of drug-likeness (QED) is 0.729. The van der Waals surface area contributed by atoms with Crippen molar-refractivity contribution < 1.29 is 0 Å². The summed E-state index contributed by atoms with van der Waals surface area (Å²) in [4.78, 5) is 8.34. The molecule has 5 nitrogen and oxygen atoms in total. The molecule has 0 amide bonds. The molecule has 0 spiro atoms. The van der Waals surface area contributed by atoms with Crippen molar-refractivity contribution in [3.05, 3.63) is 45.8 Å². The molecule has 102 valence electrons. The smallest absolute Gasteiger partial charge is 0.225 e. The van der Waals surface area contributed by atoms with Crippen LogP contribution in [0.1, 0.15) is 11.3 Å². The molecule has 20 heavy (non-hydrogen) atoms. The van der Waals surface area contributed by atoms with Gasteiger partial charge < -0.3 is 5.32 Å². The van der Waals surface area contributed by atoms with Crippen molar-refractivity contribution in [1.82, 2.24) is 20.2 Å². The Morgan fingerprint density at radius 1 is 1.20 bits per heavy atom. The second-order valence-electron chi connectivity index (χ2n) is 4.30. The Hall–Kier alpha value is -1.85. The highest BCUT2D eigenvalue weighted by Gasteiger charge is 2.13. The van der Waals surface area contributed by atoms with E-state index >= 15 is 0 Å². The van der Waals surface area contributed by atoms with Gasteiger partial charge in [0.15, 0.2) is 11.3 Å². The van der Waals surface area contributed by atoms with E-state index in [1.54, 1.807) is 7.05 Å². The van der Waals surface area contributed by atoms with Crippen LogP contribution in [0.5, 0.6) is 0 Å². The number of aromatic nitrogens is 4. The summed E-state index contributed by atoms with van der Waals surface area (Å²) in [5.74, 6) is 0.605. The van der Waals surface area contributed by atoms with E-state index in [1.165, 1.54) is 0 Å². The number of H-pyrrole nitrogens is 1. The second kappa shape index (κ2) is 5.26. The molecule has 7 heteroatoms. The van der Waals surface area contributed by atoms with Crippen molar-refractivity contribution in [1.29, 1.82) is 0 Å². The number of benzene rings is 1. The topological polar surface area (TPSA) is 66.5 Å². The molecule has 0 saturated carbocycles. The highest BCUT2D eigenvalue weighted by molar-refractivity contribution is 6.30. The maximum Gasteiger partial charge on any atom is 0.225 e. The Labute approximate surface area is 125 Å². The first-order valence-corrected chi connectivity index (χ1v) is 6.75. The van der Waals surface area contributed by atoms with Gasteiger partial charge in [0.2, 0.25) is 5.28 Å². The molecule has 0 atom stereocenters. The number of hydrogen-bond donors (Lipinski definition) is 2. The molecule has 0 bridgehead atoms. The summed E-state index contributed by atoms with van der Waals surface area (Å²) in [5, 5.41) is 11.1. The zero-order valence-electron chi connectivity index (χ0n) is 10.6. The van der Waals surface area contributed by atoms with Crippen LogP contribution in [0, 0.1) is 0 Å². The molecular weight excluding hydrogens is 297 g/mol. The van der Waals surface area contributed by atoms with Gasteiger partial charge in [0, 0.05) is 18.5 Å². The largest absolute Gasteiger partial charge is 0.371 e. The number of nitrogens with zero attached hydrogens (tertiary/aromatic N) is 3. The molecule has 2 aromatic heterocycles. The van der Waals surface area contributed by atoms with Gasteiger partial charge in [-0.25, -0.2) is 4.98 Å². The highest BCUT2D eigenvalue weighted by Crippen LogP contribution is 2.24. The summed E-state index contributed by atoms with van der Waals surface area (Å²) in [6.45, 7) is 0. The lowest BCUT2D eigenvalue weighted by atomic mass is 10.1. The summed E-state index contributed by atoms with van der Waals surface area (Å²) < 4.78 is 0. The average Bonchev–Trinajstić information content (AvgIpc) is 2.81. The maximum atomic E-state index is 5.99. The van der Waals surface area contributed by atoms with Crippen LogP contribution in [0.25, 0.3) is 11.0 Å². The number of fused-ring (bicyclic) bond motifs is 1. The first-order valence-electron chi connectivity index (χ1n) is 6.00.